The number of phenolic OH excluding ortho intramolecular Hbond substituents is 1. The molecule has 1 saturated heterocycles. The van der Waals surface area contributed by atoms with Gasteiger partial charge < -0.3 is 15.1 Å². The molecule has 28 heavy (non-hydrogen) atoms. The third kappa shape index (κ3) is 2.55. The number of aliphatic hydroxyl groups is 1. The molecular formula is C23H23ClN2O2. The summed E-state index contributed by atoms with van der Waals surface area (Å²) in [6.45, 7) is 1.48. The number of aromatic nitrogens is 1. The van der Waals surface area contributed by atoms with Crippen LogP contribution in [0, 0.1) is 0 Å². The van der Waals surface area contributed by atoms with Crippen LogP contribution in [0.3, 0.4) is 0 Å². The summed E-state index contributed by atoms with van der Waals surface area (Å²) >= 11 is 6.40. The van der Waals surface area contributed by atoms with E-state index in [1.807, 2.05) is 30.3 Å². The van der Waals surface area contributed by atoms with Gasteiger partial charge in [-0.2, -0.15) is 0 Å². The SMILES string of the molecule is CN1CC[C@@]2(c3cccc(O)c3)Cc3nc4c(Cl)cccc4cc3C[C@]2(O)C1. The van der Waals surface area contributed by atoms with Crippen molar-refractivity contribution in [2.45, 2.75) is 30.3 Å². The number of likely N-dealkylation sites (tertiary alicyclic amines) is 1. The number of rotatable bonds is 1. The number of benzene rings is 2. The van der Waals surface area contributed by atoms with Crippen molar-refractivity contribution in [3.05, 3.63) is 70.4 Å². The molecule has 0 saturated carbocycles. The van der Waals surface area contributed by atoms with Crippen molar-refractivity contribution in [3.8, 4) is 5.75 Å². The summed E-state index contributed by atoms with van der Waals surface area (Å²) in [4.78, 5) is 7.12. The number of fused-ring (bicyclic) bond motifs is 3. The molecule has 2 atom stereocenters. The van der Waals surface area contributed by atoms with Crippen molar-refractivity contribution >= 4 is 22.5 Å². The van der Waals surface area contributed by atoms with Crippen LogP contribution in [0.2, 0.25) is 5.02 Å². The van der Waals surface area contributed by atoms with Gasteiger partial charge in [0, 0.05) is 35.9 Å². The van der Waals surface area contributed by atoms with Crippen LogP contribution < -0.4 is 0 Å². The third-order valence-corrected chi connectivity index (χ3v) is 6.96. The van der Waals surface area contributed by atoms with Gasteiger partial charge in [0.25, 0.3) is 0 Å². The Morgan fingerprint density at radius 1 is 1.11 bits per heavy atom. The summed E-state index contributed by atoms with van der Waals surface area (Å²) in [5.74, 6) is 0.230. The van der Waals surface area contributed by atoms with Crippen molar-refractivity contribution < 1.29 is 10.2 Å². The smallest absolute Gasteiger partial charge is 0.115 e. The number of halogens is 1. The van der Waals surface area contributed by atoms with E-state index in [0.717, 1.165) is 40.7 Å². The maximum Gasteiger partial charge on any atom is 0.115 e. The summed E-state index contributed by atoms with van der Waals surface area (Å²) < 4.78 is 0. The minimum atomic E-state index is -0.922. The van der Waals surface area contributed by atoms with Gasteiger partial charge in [0.05, 0.1) is 16.1 Å². The van der Waals surface area contributed by atoms with Crippen LogP contribution in [0.1, 0.15) is 23.2 Å². The molecule has 2 N–H and O–H groups in total. The van der Waals surface area contributed by atoms with Crippen LogP contribution in [0.5, 0.6) is 5.75 Å². The Hall–Kier alpha value is -2.14. The quantitative estimate of drug-likeness (QED) is 0.660. The van der Waals surface area contributed by atoms with E-state index in [1.165, 1.54) is 0 Å². The fourth-order valence-electron chi connectivity index (χ4n) is 5.24. The number of phenols is 1. The van der Waals surface area contributed by atoms with E-state index in [1.54, 1.807) is 12.1 Å². The number of aromatic hydroxyl groups is 1. The van der Waals surface area contributed by atoms with Gasteiger partial charge in [0.15, 0.2) is 0 Å². The van der Waals surface area contributed by atoms with E-state index in [9.17, 15) is 10.2 Å². The summed E-state index contributed by atoms with van der Waals surface area (Å²) in [6.07, 6.45) is 1.99. The van der Waals surface area contributed by atoms with E-state index in [0.29, 0.717) is 24.4 Å². The van der Waals surface area contributed by atoms with Gasteiger partial charge in [-0.15, -0.1) is 0 Å². The van der Waals surface area contributed by atoms with Crippen molar-refractivity contribution in [2.24, 2.45) is 0 Å². The monoisotopic (exact) mass is 394 g/mol. The van der Waals surface area contributed by atoms with Crippen LogP contribution >= 0.6 is 11.6 Å². The van der Waals surface area contributed by atoms with Gasteiger partial charge >= 0.3 is 0 Å². The minimum absolute atomic E-state index is 0.230. The van der Waals surface area contributed by atoms with Crippen LogP contribution in [0.15, 0.2) is 48.5 Å². The lowest BCUT2D eigenvalue weighted by Crippen LogP contribution is -2.66. The van der Waals surface area contributed by atoms with Gasteiger partial charge in [0.2, 0.25) is 0 Å². The van der Waals surface area contributed by atoms with E-state index in [4.69, 9.17) is 16.6 Å². The van der Waals surface area contributed by atoms with E-state index >= 15 is 0 Å². The molecule has 5 rings (SSSR count). The van der Waals surface area contributed by atoms with Crippen LogP contribution in [0.25, 0.3) is 10.9 Å². The number of piperidine rings is 1. The highest BCUT2D eigenvalue weighted by Gasteiger charge is 2.57. The van der Waals surface area contributed by atoms with Crippen LogP contribution in [0.4, 0.5) is 0 Å². The summed E-state index contributed by atoms with van der Waals surface area (Å²) in [5, 5.41) is 23.7. The molecule has 1 aliphatic carbocycles. The summed E-state index contributed by atoms with van der Waals surface area (Å²) in [6, 6.07) is 15.3. The number of hydrogen-bond donors (Lipinski definition) is 2. The van der Waals surface area contributed by atoms with Crippen molar-refractivity contribution in [1.82, 2.24) is 9.88 Å². The number of pyridine rings is 1. The molecule has 2 aromatic carbocycles. The molecule has 0 amide bonds. The lowest BCUT2D eigenvalue weighted by atomic mass is 9.56. The Morgan fingerprint density at radius 3 is 2.75 bits per heavy atom. The Bertz CT molecular complexity index is 1090. The first-order chi connectivity index (χ1) is 13.4. The molecule has 4 nitrogen and oxygen atoms in total. The Kier molecular flexibility index (Phi) is 3.96. The first kappa shape index (κ1) is 17.9. The second kappa shape index (κ2) is 6.18. The fourth-order valence-corrected chi connectivity index (χ4v) is 5.46. The Balaban J connectivity index is 1.73. The van der Waals surface area contributed by atoms with Gasteiger partial charge in [-0.25, -0.2) is 0 Å². The normalized spacial score (nSPS) is 27.4. The molecule has 0 radical (unpaired) electrons. The molecule has 0 bridgehead atoms. The average Bonchev–Trinajstić information content (AvgIpc) is 2.65. The maximum atomic E-state index is 12.0. The molecule has 0 spiro atoms. The Labute approximate surface area is 169 Å². The van der Waals surface area contributed by atoms with E-state index in [2.05, 4.69) is 18.0 Å². The average molecular weight is 395 g/mol. The molecule has 2 aliphatic rings. The summed E-state index contributed by atoms with van der Waals surface area (Å²) in [5.41, 5.74) is 2.48. The standard InChI is InChI=1S/C23H23ClN2O2/c1-26-9-8-22(17-5-3-6-18(27)11-17)13-20-16(12-23(22,28)14-26)10-15-4-2-7-19(24)21(15)25-20/h2-7,10-11,27-28H,8-9,12-14H2,1H3/t22-,23-/m0/s1. The number of para-hydroxylation sites is 1. The lowest BCUT2D eigenvalue weighted by Gasteiger charge is -2.56. The molecule has 1 fully saturated rings. The van der Waals surface area contributed by atoms with Gasteiger partial charge in [-0.05, 0) is 55.4 Å². The zero-order valence-electron chi connectivity index (χ0n) is 15.8. The number of nitrogens with zero attached hydrogens (tertiary/aromatic N) is 2. The Morgan fingerprint density at radius 2 is 1.93 bits per heavy atom. The van der Waals surface area contributed by atoms with Gasteiger partial charge in [0.1, 0.15) is 5.75 Å². The highest BCUT2D eigenvalue weighted by atomic mass is 35.5. The van der Waals surface area contributed by atoms with Crippen molar-refractivity contribution in [2.75, 3.05) is 20.1 Å². The second-order valence-electron chi connectivity index (χ2n) is 8.41. The highest BCUT2D eigenvalue weighted by molar-refractivity contribution is 6.35. The molecule has 2 heterocycles. The third-order valence-electron chi connectivity index (χ3n) is 6.66. The molecule has 1 aliphatic heterocycles. The molecule has 1 aromatic heterocycles. The largest absolute Gasteiger partial charge is 0.508 e. The molecule has 144 valence electrons. The topological polar surface area (TPSA) is 56.6 Å². The van der Waals surface area contributed by atoms with Crippen molar-refractivity contribution in [1.29, 1.82) is 0 Å². The number of likely N-dealkylation sites (N-methyl/N-ethyl adjacent to an activating group) is 1. The lowest BCUT2D eigenvalue weighted by molar-refractivity contribution is -0.0976. The predicted octanol–water partition coefficient (Wildman–Crippen LogP) is 3.70. The predicted molar refractivity (Wildman–Crippen MR) is 111 cm³/mol. The van der Waals surface area contributed by atoms with Crippen LogP contribution in [-0.4, -0.2) is 45.8 Å². The first-order valence-electron chi connectivity index (χ1n) is 9.68. The molecule has 5 heteroatoms. The summed E-state index contributed by atoms with van der Waals surface area (Å²) in [7, 11) is 2.05. The zero-order chi connectivity index (χ0) is 19.5. The molecular weight excluding hydrogens is 372 g/mol. The molecule has 3 aromatic rings. The number of hydrogen-bond acceptors (Lipinski definition) is 4. The molecule has 0 unspecified atom stereocenters. The number of β-amino-alcohol motifs (C(OH)–C–C–N with tert-alkyl or cyclic N) is 1. The van der Waals surface area contributed by atoms with Gasteiger partial charge in [-0.3, -0.25) is 4.98 Å². The highest BCUT2D eigenvalue weighted by Crippen LogP contribution is 2.50. The first-order valence-corrected chi connectivity index (χ1v) is 10.1. The van der Waals surface area contributed by atoms with E-state index < -0.39 is 11.0 Å². The zero-order valence-corrected chi connectivity index (χ0v) is 16.6. The second-order valence-corrected chi connectivity index (χ2v) is 8.82. The van der Waals surface area contributed by atoms with E-state index in [-0.39, 0.29) is 5.75 Å². The van der Waals surface area contributed by atoms with Crippen molar-refractivity contribution in [3.63, 3.8) is 0 Å². The maximum absolute atomic E-state index is 12.0. The van der Waals surface area contributed by atoms with Crippen LogP contribution in [-0.2, 0) is 18.3 Å². The fraction of sp³-hybridized carbons (Fsp3) is 0.348. The minimum Gasteiger partial charge on any atom is -0.508 e. The van der Waals surface area contributed by atoms with Gasteiger partial charge in [-0.1, -0.05) is 35.9 Å².